The lowest BCUT2D eigenvalue weighted by molar-refractivity contribution is -0.130. The molecule has 1 amide bonds. The summed E-state index contributed by atoms with van der Waals surface area (Å²) in [5, 5.41) is 6.42. The average Bonchev–Trinajstić information content (AvgIpc) is 2.72. The summed E-state index contributed by atoms with van der Waals surface area (Å²) in [7, 11) is 1.72. The third kappa shape index (κ3) is 8.41. The van der Waals surface area contributed by atoms with Crippen molar-refractivity contribution in [1.82, 2.24) is 20.4 Å². The Balaban J connectivity index is 1.75. The molecule has 7 heteroatoms. The van der Waals surface area contributed by atoms with Gasteiger partial charge in [-0.05, 0) is 18.4 Å². The number of hydrogen-bond donors (Lipinski definition) is 2. The molecule has 1 aliphatic heterocycles. The van der Waals surface area contributed by atoms with Crippen molar-refractivity contribution >= 4 is 11.9 Å². The van der Waals surface area contributed by atoms with Crippen LogP contribution in [0.3, 0.4) is 0 Å². The number of ether oxygens (including phenoxy) is 1. The van der Waals surface area contributed by atoms with E-state index in [4.69, 9.17) is 4.74 Å². The highest BCUT2D eigenvalue weighted by molar-refractivity contribution is 5.86. The van der Waals surface area contributed by atoms with Crippen molar-refractivity contribution < 1.29 is 9.53 Å². The van der Waals surface area contributed by atoms with Crippen LogP contribution in [0.15, 0.2) is 35.3 Å². The molecule has 0 aromatic heterocycles. The van der Waals surface area contributed by atoms with Crippen molar-refractivity contribution in [2.24, 2.45) is 10.9 Å². The fraction of sp³-hybridized carbons (Fsp3) is 0.636. The van der Waals surface area contributed by atoms with E-state index in [2.05, 4.69) is 34.4 Å². The molecule has 0 radical (unpaired) electrons. The molecule has 2 N–H and O–H groups in total. The van der Waals surface area contributed by atoms with Gasteiger partial charge < -0.3 is 20.3 Å². The van der Waals surface area contributed by atoms with E-state index in [-0.39, 0.29) is 18.6 Å². The second-order valence-corrected chi connectivity index (χ2v) is 7.85. The Morgan fingerprint density at radius 2 is 2.07 bits per heavy atom. The van der Waals surface area contributed by atoms with Gasteiger partial charge in [-0.2, -0.15) is 0 Å². The van der Waals surface area contributed by atoms with Crippen molar-refractivity contribution in [3.8, 4) is 0 Å². The van der Waals surface area contributed by atoms with Crippen LogP contribution >= 0.6 is 0 Å². The summed E-state index contributed by atoms with van der Waals surface area (Å²) in [4.78, 5) is 21.1. The van der Waals surface area contributed by atoms with Crippen LogP contribution in [0.1, 0.15) is 26.3 Å². The van der Waals surface area contributed by atoms with Crippen LogP contribution in [0.4, 0.5) is 0 Å². The average molecular weight is 404 g/mol. The molecule has 0 aliphatic carbocycles. The maximum absolute atomic E-state index is 12.6. The summed E-state index contributed by atoms with van der Waals surface area (Å²) < 4.78 is 5.87. The minimum Gasteiger partial charge on any atom is -0.374 e. The van der Waals surface area contributed by atoms with Crippen molar-refractivity contribution in [1.29, 1.82) is 0 Å². The third-order valence-corrected chi connectivity index (χ3v) is 4.92. The predicted octanol–water partition coefficient (Wildman–Crippen LogP) is 1.56. The normalized spacial score (nSPS) is 18.0. The summed E-state index contributed by atoms with van der Waals surface area (Å²) in [6.07, 6.45) is 0.127. The van der Waals surface area contributed by atoms with Crippen LogP contribution in [-0.4, -0.2) is 80.7 Å². The highest BCUT2D eigenvalue weighted by atomic mass is 16.5. The number of rotatable bonds is 9. The Kier molecular flexibility index (Phi) is 9.94. The molecule has 1 aromatic carbocycles. The number of nitrogens with zero attached hydrogens (tertiary/aromatic N) is 3. The number of carbonyl (C=O) groups excluding carboxylic acids is 1. The van der Waals surface area contributed by atoms with E-state index in [9.17, 15) is 4.79 Å². The van der Waals surface area contributed by atoms with E-state index in [1.165, 1.54) is 0 Å². The van der Waals surface area contributed by atoms with Gasteiger partial charge in [-0.1, -0.05) is 44.2 Å². The summed E-state index contributed by atoms with van der Waals surface area (Å²) >= 11 is 0. The molecule has 0 spiro atoms. The number of guanidine groups is 1. The van der Waals surface area contributed by atoms with Crippen molar-refractivity contribution in [3.63, 3.8) is 0 Å². The minimum absolute atomic E-state index is 0.0522. The molecule has 7 nitrogen and oxygen atoms in total. The third-order valence-electron chi connectivity index (χ3n) is 4.92. The molecular formula is C22H37N5O2. The second kappa shape index (κ2) is 12.4. The number of morpholine rings is 1. The van der Waals surface area contributed by atoms with Gasteiger partial charge in [-0.15, -0.1) is 0 Å². The Morgan fingerprint density at radius 1 is 1.31 bits per heavy atom. The second-order valence-electron chi connectivity index (χ2n) is 7.85. The first-order chi connectivity index (χ1) is 14.0. The lowest BCUT2D eigenvalue weighted by atomic mass is 10.2. The van der Waals surface area contributed by atoms with Crippen molar-refractivity contribution in [3.05, 3.63) is 35.9 Å². The van der Waals surface area contributed by atoms with E-state index in [0.29, 0.717) is 31.5 Å². The SMILES string of the molecule is CCN(Cc1ccccc1)C(=O)CNC(=NC)NCC1CN(CC(C)C)CCO1. The number of likely N-dealkylation sites (N-methyl/N-ethyl adjacent to an activating group) is 1. The van der Waals surface area contributed by atoms with E-state index >= 15 is 0 Å². The van der Waals surface area contributed by atoms with Crippen LogP contribution in [0.25, 0.3) is 0 Å². The summed E-state index contributed by atoms with van der Waals surface area (Å²) in [5.74, 6) is 1.33. The molecule has 1 heterocycles. The van der Waals surface area contributed by atoms with Gasteiger partial charge in [0.25, 0.3) is 0 Å². The van der Waals surface area contributed by atoms with Gasteiger partial charge in [-0.25, -0.2) is 0 Å². The van der Waals surface area contributed by atoms with E-state index < -0.39 is 0 Å². The summed E-state index contributed by atoms with van der Waals surface area (Å²) in [6.45, 7) is 12.4. The van der Waals surface area contributed by atoms with Crippen LogP contribution in [0.2, 0.25) is 0 Å². The molecule has 0 saturated carbocycles. The van der Waals surface area contributed by atoms with Gasteiger partial charge in [0.15, 0.2) is 5.96 Å². The number of aliphatic imine (C=N–C) groups is 1. The summed E-state index contributed by atoms with van der Waals surface area (Å²) in [5.41, 5.74) is 1.13. The maximum atomic E-state index is 12.6. The van der Waals surface area contributed by atoms with Crippen LogP contribution < -0.4 is 10.6 Å². The van der Waals surface area contributed by atoms with E-state index in [1.54, 1.807) is 7.05 Å². The predicted molar refractivity (Wildman–Crippen MR) is 118 cm³/mol. The summed E-state index contributed by atoms with van der Waals surface area (Å²) in [6, 6.07) is 10.0. The number of amides is 1. The first-order valence-corrected chi connectivity index (χ1v) is 10.6. The van der Waals surface area contributed by atoms with Gasteiger partial charge in [0.05, 0.1) is 19.3 Å². The number of hydrogen-bond acceptors (Lipinski definition) is 4. The Bertz CT molecular complexity index is 635. The monoisotopic (exact) mass is 403 g/mol. The van der Waals surface area contributed by atoms with Gasteiger partial charge in [0.2, 0.25) is 5.91 Å². The van der Waals surface area contributed by atoms with Gasteiger partial charge in [-0.3, -0.25) is 14.7 Å². The first-order valence-electron chi connectivity index (χ1n) is 10.6. The van der Waals surface area contributed by atoms with Gasteiger partial charge in [0, 0.05) is 46.3 Å². The van der Waals surface area contributed by atoms with E-state index in [1.807, 2.05) is 42.2 Å². The molecular weight excluding hydrogens is 366 g/mol. The molecule has 29 heavy (non-hydrogen) atoms. The maximum Gasteiger partial charge on any atom is 0.242 e. The van der Waals surface area contributed by atoms with Crippen LogP contribution in [-0.2, 0) is 16.1 Å². The lowest BCUT2D eigenvalue weighted by Gasteiger charge is -2.34. The zero-order chi connectivity index (χ0) is 21.1. The molecule has 2 rings (SSSR count). The number of carbonyl (C=O) groups is 1. The standard InChI is InChI=1S/C22H37N5O2/c1-5-27(16-19-9-7-6-8-10-19)21(28)14-25-22(23-4)24-13-20-17-26(11-12-29-20)15-18(2)3/h6-10,18,20H,5,11-17H2,1-4H3,(H2,23,24,25). The topological polar surface area (TPSA) is 69.2 Å². The fourth-order valence-electron chi connectivity index (χ4n) is 3.47. The van der Waals surface area contributed by atoms with Crippen molar-refractivity contribution in [2.75, 3.05) is 52.9 Å². The molecule has 1 aromatic rings. The van der Waals surface area contributed by atoms with Crippen molar-refractivity contribution in [2.45, 2.75) is 33.4 Å². The Morgan fingerprint density at radius 3 is 2.72 bits per heavy atom. The highest BCUT2D eigenvalue weighted by Gasteiger charge is 2.21. The largest absolute Gasteiger partial charge is 0.374 e. The van der Waals surface area contributed by atoms with E-state index in [0.717, 1.165) is 31.8 Å². The fourth-order valence-corrected chi connectivity index (χ4v) is 3.47. The molecule has 1 saturated heterocycles. The highest BCUT2D eigenvalue weighted by Crippen LogP contribution is 2.07. The molecule has 1 fully saturated rings. The van der Waals surface area contributed by atoms with Gasteiger partial charge in [0.1, 0.15) is 0 Å². The van der Waals surface area contributed by atoms with Crippen LogP contribution in [0, 0.1) is 5.92 Å². The molecule has 1 unspecified atom stereocenters. The number of benzene rings is 1. The van der Waals surface area contributed by atoms with Gasteiger partial charge >= 0.3 is 0 Å². The Hall–Kier alpha value is -2.12. The molecule has 1 atom stereocenters. The smallest absolute Gasteiger partial charge is 0.242 e. The lowest BCUT2D eigenvalue weighted by Crippen LogP contribution is -2.51. The Labute approximate surface area is 175 Å². The number of nitrogens with one attached hydrogen (secondary N) is 2. The minimum atomic E-state index is 0.0522. The molecule has 0 bridgehead atoms. The first kappa shape index (κ1) is 23.2. The zero-order valence-corrected chi connectivity index (χ0v) is 18.4. The molecule has 162 valence electrons. The zero-order valence-electron chi connectivity index (χ0n) is 18.4. The van der Waals surface area contributed by atoms with Crippen LogP contribution in [0.5, 0.6) is 0 Å². The quantitative estimate of drug-likeness (QED) is 0.484. The molecule has 1 aliphatic rings.